The van der Waals surface area contributed by atoms with Gasteiger partial charge in [0.1, 0.15) is 0 Å². The van der Waals surface area contributed by atoms with Crippen LogP contribution in [0.4, 0.5) is 4.79 Å². The Hall–Kier alpha value is -2.61. The fraction of sp³-hybridized carbons (Fsp3) is 0.357. The summed E-state index contributed by atoms with van der Waals surface area (Å²) in [6.07, 6.45) is 1.69. The van der Waals surface area contributed by atoms with Gasteiger partial charge in [-0.2, -0.15) is 9.46 Å². The Morgan fingerprint density at radius 3 is 2.55 bits per heavy atom. The smallest absolute Gasteiger partial charge is 0.415 e. The molecule has 0 N–H and O–H groups in total. The molecule has 3 rings (SSSR count). The third kappa shape index (κ3) is 2.60. The minimum atomic E-state index is -0.512. The van der Waals surface area contributed by atoms with Crippen LogP contribution in [0.2, 0.25) is 0 Å². The number of likely N-dealkylation sites (N-methyl/N-ethyl adjacent to an activating group) is 1. The zero-order chi connectivity index (χ0) is 15.7. The van der Waals surface area contributed by atoms with Gasteiger partial charge in [0, 0.05) is 32.2 Å². The van der Waals surface area contributed by atoms with Crippen LogP contribution in [-0.2, 0) is 0 Å². The average molecular weight is 304 g/mol. The maximum atomic E-state index is 12.2. The monoisotopic (exact) mass is 304 g/mol. The van der Waals surface area contributed by atoms with Crippen molar-refractivity contribution in [3.8, 4) is 5.75 Å². The van der Waals surface area contributed by atoms with Crippen LogP contribution in [0.25, 0.3) is 11.0 Å². The van der Waals surface area contributed by atoms with E-state index in [9.17, 15) is 15.2 Å². The van der Waals surface area contributed by atoms with Gasteiger partial charge in [-0.15, -0.1) is 0 Å². The molecule has 1 fully saturated rings. The number of rotatable bonds is 1. The first-order chi connectivity index (χ1) is 10.6. The molecule has 1 amide bonds. The topological polar surface area (TPSA) is 86.7 Å². The van der Waals surface area contributed by atoms with Crippen LogP contribution in [0, 0.1) is 10.4 Å². The van der Waals surface area contributed by atoms with Crippen LogP contribution >= 0.6 is 0 Å². The summed E-state index contributed by atoms with van der Waals surface area (Å²) in [5, 5.41) is 23.6. The number of aromatic nitrogens is 2. The maximum Gasteiger partial charge on any atom is 0.415 e. The quantitative estimate of drug-likeness (QED) is 0.540. The van der Waals surface area contributed by atoms with E-state index in [0.29, 0.717) is 22.6 Å². The first-order valence-electron chi connectivity index (χ1n) is 6.95. The Bertz CT molecular complexity index is 713. The number of ether oxygens (including phenoxy) is 1. The lowest BCUT2D eigenvalue weighted by Crippen LogP contribution is -2.48. The zero-order valence-electron chi connectivity index (χ0n) is 12.1. The highest BCUT2D eigenvalue weighted by atomic mass is 16.6. The SMILES string of the molecule is CN1CCN(C(=O)Oc2cccc3c2[n+]([O-])cc[n+]3[O-])CC1. The number of piperazine rings is 1. The number of nitrogens with zero attached hydrogens (tertiary/aromatic N) is 4. The molecule has 1 aromatic heterocycles. The maximum absolute atomic E-state index is 12.2. The normalized spacial score (nSPS) is 16.0. The third-order valence-electron chi connectivity index (χ3n) is 3.73. The van der Waals surface area contributed by atoms with Crippen LogP contribution in [0.15, 0.2) is 30.6 Å². The van der Waals surface area contributed by atoms with Crippen molar-refractivity contribution in [1.29, 1.82) is 0 Å². The van der Waals surface area contributed by atoms with Gasteiger partial charge in [0.2, 0.25) is 18.1 Å². The van der Waals surface area contributed by atoms with Crippen LogP contribution < -0.4 is 14.2 Å². The molecule has 1 saturated heterocycles. The van der Waals surface area contributed by atoms with Gasteiger partial charge in [-0.3, -0.25) is 0 Å². The summed E-state index contributed by atoms with van der Waals surface area (Å²) in [5.74, 6) is 0.0848. The third-order valence-corrected chi connectivity index (χ3v) is 3.73. The van der Waals surface area contributed by atoms with Gasteiger partial charge in [0.25, 0.3) is 5.52 Å². The number of fused-ring (bicyclic) bond motifs is 1. The second-order valence-electron chi connectivity index (χ2n) is 5.23. The summed E-state index contributed by atoms with van der Waals surface area (Å²) < 4.78 is 6.42. The van der Waals surface area contributed by atoms with E-state index >= 15 is 0 Å². The van der Waals surface area contributed by atoms with Gasteiger partial charge in [0.15, 0.2) is 0 Å². The first-order valence-corrected chi connectivity index (χ1v) is 6.95. The molecule has 1 aliphatic rings. The predicted molar refractivity (Wildman–Crippen MR) is 77.0 cm³/mol. The molecule has 0 atom stereocenters. The second kappa shape index (κ2) is 5.64. The summed E-state index contributed by atoms with van der Waals surface area (Å²) in [5.41, 5.74) is 0.198. The minimum Gasteiger partial charge on any atom is -0.618 e. The largest absolute Gasteiger partial charge is 0.618 e. The highest BCUT2D eigenvalue weighted by Crippen LogP contribution is 2.20. The van der Waals surface area contributed by atoms with Crippen molar-refractivity contribution in [3.05, 3.63) is 41.0 Å². The van der Waals surface area contributed by atoms with Gasteiger partial charge >= 0.3 is 11.6 Å². The molecule has 0 unspecified atom stereocenters. The van der Waals surface area contributed by atoms with Crippen molar-refractivity contribution in [2.24, 2.45) is 0 Å². The molecule has 0 saturated carbocycles. The number of para-hydroxylation sites is 1. The number of hydrogen-bond donors (Lipinski definition) is 0. The van der Waals surface area contributed by atoms with Crippen LogP contribution in [0.1, 0.15) is 0 Å². The summed E-state index contributed by atoms with van der Waals surface area (Å²) in [6.45, 7) is 2.68. The predicted octanol–water partition coefficient (Wildman–Crippen LogP) is -0.147. The Kier molecular flexibility index (Phi) is 3.68. The molecule has 1 aromatic carbocycles. The van der Waals surface area contributed by atoms with E-state index in [4.69, 9.17) is 4.74 Å². The number of carbonyl (C=O) groups excluding carboxylic acids is 1. The number of amides is 1. The van der Waals surface area contributed by atoms with Crippen molar-refractivity contribution in [2.75, 3.05) is 33.2 Å². The van der Waals surface area contributed by atoms with Gasteiger partial charge < -0.3 is 25.0 Å². The summed E-state index contributed by atoms with van der Waals surface area (Å²) in [6, 6.07) is 4.58. The molecule has 0 bridgehead atoms. The summed E-state index contributed by atoms with van der Waals surface area (Å²) in [4.78, 5) is 15.9. The van der Waals surface area contributed by atoms with Gasteiger partial charge in [-0.1, -0.05) is 6.07 Å². The number of hydrogen-bond acceptors (Lipinski definition) is 5. The average Bonchev–Trinajstić information content (AvgIpc) is 2.52. The Morgan fingerprint density at radius 2 is 1.82 bits per heavy atom. The molecule has 8 heteroatoms. The molecule has 1 aliphatic heterocycles. The minimum absolute atomic E-state index is 0.0440. The Morgan fingerprint density at radius 1 is 1.14 bits per heavy atom. The van der Waals surface area contributed by atoms with Crippen molar-refractivity contribution in [3.63, 3.8) is 0 Å². The van der Waals surface area contributed by atoms with Crippen LogP contribution in [0.3, 0.4) is 0 Å². The van der Waals surface area contributed by atoms with E-state index in [-0.39, 0.29) is 16.8 Å². The molecule has 22 heavy (non-hydrogen) atoms. The fourth-order valence-electron chi connectivity index (χ4n) is 2.42. The number of benzene rings is 1. The molecule has 0 radical (unpaired) electrons. The molecule has 0 spiro atoms. The van der Waals surface area contributed by atoms with E-state index in [1.807, 2.05) is 7.05 Å². The lowest BCUT2D eigenvalue weighted by Gasteiger charge is -2.31. The molecular formula is C14H16N4O4. The highest BCUT2D eigenvalue weighted by molar-refractivity contribution is 5.80. The summed E-state index contributed by atoms with van der Waals surface area (Å²) >= 11 is 0. The Labute approximate surface area is 126 Å². The molecular weight excluding hydrogens is 288 g/mol. The molecule has 2 aromatic rings. The van der Waals surface area contributed by atoms with E-state index in [0.717, 1.165) is 25.5 Å². The zero-order valence-corrected chi connectivity index (χ0v) is 12.1. The molecule has 8 nitrogen and oxygen atoms in total. The first kappa shape index (κ1) is 14.3. The lowest BCUT2D eigenvalue weighted by molar-refractivity contribution is -0.628. The van der Waals surface area contributed by atoms with Crippen LogP contribution in [0.5, 0.6) is 5.75 Å². The lowest BCUT2D eigenvalue weighted by atomic mass is 10.3. The van der Waals surface area contributed by atoms with Gasteiger partial charge in [0.05, 0.1) is 0 Å². The Balaban J connectivity index is 1.88. The van der Waals surface area contributed by atoms with Crippen molar-refractivity contribution < 1.29 is 19.0 Å². The molecule has 116 valence electrons. The fourth-order valence-corrected chi connectivity index (χ4v) is 2.42. The molecule has 0 aliphatic carbocycles. The van der Waals surface area contributed by atoms with Gasteiger partial charge in [-0.05, 0) is 13.1 Å². The van der Waals surface area contributed by atoms with Crippen LogP contribution in [-0.4, -0.2) is 49.1 Å². The molecule has 2 heterocycles. The highest BCUT2D eigenvalue weighted by Gasteiger charge is 2.25. The van der Waals surface area contributed by atoms with Crippen molar-refractivity contribution in [1.82, 2.24) is 9.80 Å². The van der Waals surface area contributed by atoms with E-state index in [1.165, 1.54) is 12.1 Å². The van der Waals surface area contributed by atoms with E-state index in [1.54, 1.807) is 11.0 Å². The second-order valence-corrected chi connectivity index (χ2v) is 5.23. The number of carbonyl (C=O) groups is 1. The summed E-state index contributed by atoms with van der Waals surface area (Å²) in [7, 11) is 1.99. The van der Waals surface area contributed by atoms with E-state index in [2.05, 4.69) is 4.90 Å². The standard InChI is InChI=1S/C14H16N4O4/c1-15-5-7-16(8-6-15)14(19)22-12-4-2-3-11-13(12)18(21)10-9-17(11)20/h2-4,9-10H,5-8H2,1H3. The van der Waals surface area contributed by atoms with E-state index < -0.39 is 6.09 Å². The van der Waals surface area contributed by atoms with Crippen molar-refractivity contribution in [2.45, 2.75) is 0 Å². The van der Waals surface area contributed by atoms with Gasteiger partial charge in [-0.25, -0.2) is 4.79 Å². The van der Waals surface area contributed by atoms with Crippen molar-refractivity contribution >= 4 is 17.1 Å².